The Labute approximate surface area is 160 Å². The summed E-state index contributed by atoms with van der Waals surface area (Å²) < 4.78 is 3.27. The summed E-state index contributed by atoms with van der Waals surface area (Å²) in [5.41, 5.74) is 3.39. The summed E-state index contributed by atoms with van der Waals surface area (Å²) in [7, 11) is 4.38. The van der Waals surface area contributed by atoms with E-state index in [1.54, 1.807) is 11.1 Å². The van der Waals surface area contributed by atoms with Crippen LogP contribution in [0.1, 0.15) is 41.5 Å². The molecule has 0 bridgehead atoms. The van der Waals surface area contributed by atoms with E-state index in [4.69, 9.17) is 0 Å². The Morgan fingerprint density at radius 2 is 1.55 bits per heavy atom. The van der Waals surface area contributed by atoms with E-state index in [1.807, 2.05) is 3.88 Å². The zero-order valence-corrected chi connectivity index (χ0v) is 18.8. The molecule has 0 fully saturated rings. The molecule has 1 aliphatic rings. The van der Waals surface area contributed by atoms with Crippen molar-refractivity contribution in [2.45, 2.75) is 46.3 Å². The molecule has 0 aromatic rings. The predicted octanol–water partition coefficient (Wildman–Crippen LogP) is 5.67. The Morgan fingerprint density at radius 3 is 1.91 bits per heavy atom. The first-order chi connectivity index (χ1) is 9.25. The number of hydrogen-bond acceptors (Lipinski definition) is 1. The Morgan fingerprint density at radius 1 is 1.00 bits per heavy atom. The largest absolute Gasteiger partial charge is 0.147 e. The van der Waals surface area contributed by atoms with Crippen molar-refractivity contribution in [1.29, 1.82) is 0 Å². The van der Waals surface area contributed by atoms with Gasteiger partial charge in [-0.15, -0.1) is 24.8 Å². The zero-order valence-electron chi connectivity index (χ0n) is 15.6. The van der Waals surface area contributed by atoms with E-state index in [-0.39, 0.29) is 44.0 Å². The van der Waals surface area contributed by atoms with Crippen molar-refractivity contribution in [2.75, 3.05) is 20.6 Å². The van der Waals surface area contributed by atoms with Crippen LogP contribution in [0.4, 0.5) is 0 Å². The smallest absolute Gasteiger partial charge is 0.147 e. The van der Waals surface area contributed by atoms with Crippen molar-refractivity contribution in [3.63, 3.8) is 0 Å². The number of nitrogens with zero attached hydrogens (tertiary/aromatic N) is 1. The third-order valence-corrected chi connectivity index (χ3v) is 6.36. The fourth-order valence-electron chi connectivity index (χ4n) is 3.00. The molecule has 0 heterocycles. The first-order valence-electron chi connectivity index (χ1n) is 8.10. The maximum atomic E-state index is 2.61. The predicted molar refractivity (Wildman–Crippen MR) is 101 cm³/mol. The molecule has 0 aromatic carbocycles. The molecule has 0 aliphatic heterocycles. The van der Waals surface area contributed by atoms with Gasteiger partial charge in [-0.3, -0.25) is 0 Å². The van der Waals surface area contributed by atoms with E-state index in [0.29, 0.717) is 11.8 Å². The number of allylic oxidation sites excluding steroid dienone is 4. The van der Waals surface area contributed by atoms with Gasteiger partial charge < -0.3 is 0 Å². The van der Waals surface area contributed by atoms with Gasteiger partial charge in [0.2, 0.25) is 0 Å². The molecule has 0 spiro atoms. The molecule has 0 amide bonds. The number of rotatable bonds is 7. The molecule has 22 heavy (non-hydrogen) atoms. The monoisotopic (exact) mass is 383 g/mol. The molecule has 0 saturated heterocycles. The second kappa shape index (κ2) is 11.3. The van der Waals surface area contributed by atoms with Crippen LogP contribution in [0.25, 0.3) is 0 Å². The first kappa shape index (κ1) is 25.0. The van der Waals surface area contributed by atoms with Gasteiger partial charge in [-0.25, -0.2) is 0 Å². The molecule has 0 radical (unpaired) electrons. The van der Waals surface area contributed by atoms with Crippen LogP contribution >= 0.6 is 24.8 Å². The fraction of sp³-hybridized carbons (Fsp3) is 0.778. The standard InChI is InChI=1S/C14H23.C4H10N.2ClH.Ti/c1-9(2)12-7-13(10(3)4)14(8-12)11(5)6;1-4-5(2)3;;;/h7,9-12H,1-6H3;1,4H2,2-3H3;2*1H;. The molecule has 0 N–H and O–H groups in total. The van der Waals surface area contributed by atoms with Gasteiger partial charge in [-0.1, -0.05) is 0 Å². The third kappa shape index (κ3) is 6.69. The Kier molecular flexibility index (Phi) is 12.8. The van der Waals surface area contributed by atoms with Gasteiger partial charge in [0.05, 0.1) is 0 Å². The van der Waals surface area contributed by atoms with Gasteiger partial charge >= 0.3 is 136 Å². The van der Waals surface area contributed by atoms with E-state index < -0.39 is 0 Å². The summed E-state index contributed by atoms with van der Waals surface area (Å²) in [5.74, 6) is 2.84. The Balaban J connectivity index is 0. The van der Waals surface area contributed by atoms with Crippen molar-refractivity contribution < 1.29 is 19.2 Å². The molecule has 1 rings (SSSR count). The zero-order chi connectivity index (χ0) is 15.4. The molecular weight excluding hydrogens is 349 g/mol. The van der Waals surface area contributed by atoms with Gasteiger partial charge in [-0.2, -0.15) is 0 Å². The van der Waals surface area contributed by atoms with Gasteiger partial charge in [-0.05, 0) is 0 Å². The SMILES string of the molecule is CC(C)C1=CC(C(C)C)[C]([Ti][CH2]CN(C)C)=C1C(C)C.Cl.Cl. The Hall–Kier alpha value is 0.734. The summed E-state index contributed by atoms with van der Waals surface area (Å²) in [5, 5.41) is 0. The van der Waals surface area contributed by atoms with Crippen molar-refractivity contribution in [1.82, 2.24) is 4.90 Å². The van der Waals surface area contributed by atoms with Crippen molar-refractivity contribution in [3.8, 4) is 0 Å². The minimum absolute atomic E-state index is 0. The molecule has 130 valence electrons. The maximum absolute atomic E-state index is 2.61. The minimum Gasteiger partial charge on any atom is -0.147 e. The summed E-state index contributed by atoms with van der Waals surface area (Å²) in [6.45, 7) is 15.5. The molecule has 1 unspecified atom stereocenters. The topological polar surface area (TPSA) is 3.24 Å². The van der Waals surface area contributed by atoms with Crippen molar-refractivity contribution in [2.24, 2.45) is 23.7 Å². The van der Waals surface area contributed by atoms with Crippen LogP contribution in [-0.4, -0.2) is 25.5 Å². The second-order valence-electron chi connectivity index (χ2n) is 7.26. The van der Waals surface area contributed by atoms with E-state index >= 15 is 0 Å². The molecule has 4 heteroatoms. The molecule has 1 atom stereocenters. The fourth-order valence-corrected chi connectivity index (χ4v) is 6.29. The van der Waals surface area contributed by atoms with Crippen LogP contribution in [0.2, 0.25) is 4.73 Å². The summed E-state index contributed by atoms with van der Waals surface area (Å²) in [4.78, 5) is 2.33. The summed E-state index contributed by atoms with van der Waals surface area (Å²) in [6, 6.07) is 0. The molecule has 0 aromatic heterocycles. The van der Waals surface area contributed by atoms with Gasteiger partial charge in [0.25, 0.3) is 0 Å². The van der Waals surface area contributed by atoms with Gasteiger partial charge in [0, 0.05) is 0 Å². The third-order valence-electron chi connectivity index (χ3n) is 4.09. The van der Waals surface area contributed by atoms with Gasteiger partial charge in [0.15, 0.2) is 0 Å². The first-order valence-corrected chi connectivity index (χ1v) is 9.98. The van der Waals surface area contributed by atoms with Crippen LogP contribution in [0.5, 0.6) is 0 Å². The van der Waals surface area contributed by atoms with Crippen molar-refractivity contribution >= 4 is 24.8 Å². The second-order valence-corrected chi connectivity index (χ2v) is 9.43. The molecule has 1 nitrogen and oxygen atoms in total. The number of hydrogen-bond donors (Lipinski definition) is 0. The van der Waals surface area contributed by atoms with Crippen LogP contribution < -0.4 is 0 Å². The average Bonchev–Trinajstić information content (AvgIpc) is 2.68. The Bertz CT molecular complexity index is 385. The van der Waals surface area contributed by atoms with E-state index in [0.717, 1.165) is 11.8 Å². The van der Waals surface area contributed by atoms with E-state index in [2.05, 4.69) is 66.6 Å². The molecule has 1 aliphatic carbocycles. The molecular formula is C18H35Cl2NTi. The van der Waals surface area contributed by atoms with Gasteiger partial charge in [0.1, 0.15) is 0 Å². The van der Waals surface area contributed by atoms with Crippen molar-refractivity contribution in [3.05, 3.63) is 21.1 Å². The van der Waals surface area contributed by atoms with E-state index in [1.165, 1.54) is 11.3 Å². The van der Waals surface area contributed by atoms with Crippen LogP contribution in [0.3, 0.4) is 0 Å². The van der Waals surface area contributed by atoms with E-state index in [9.17, 15) is 0 Å². The molecule has 0 saturated carbocycles. The quantitative estimate of drug-likeness (QED) is 0.511. The number of halogens is 2. The summed E-state index contributed by atoms with van der Waals surface area (Å²) >= 11 is 0.0244. The maximum Gasteiger partial charge on any atom is -0.147 e. The van der Waals surface area contributed by atoms with Crippen LogP contribution in [0, 0.1) is 23.7 Å². The average molecular weight is 384 g/mol. The van der Waals surface area contributed by atoms with Crippen LogP contribution in [-0.2, 0) is 19.2 Å². The normalized spacial score (nSPS) is 18.0. The minimum atomic E-state index is 0. The van der Waals surface area contributed by atoms with Crippen LogP contribution in [0.15, 0.2) is 21.1 Å². The summed E-state index contributed by atoms with van der Waals surface area (Å²) in [6.07, 6.45) is 2.61.